The lowest BCUT2D eigenvalue weighted by molar-refractivity contribution is -0.143. The second-order valence-corrected chi connectivity index (χ2v) is 6.61. The van der Waals surface area contributed by atoms with Crippen molar-refractivity contribution in [1.82, 2.24) is 4.90 Å². The van der Waals surface area contributed by atoms with Crippen LogP contribution in [0.1, 0.15) is 18.9 Å². The summed E-state index contributed by atoms with van der Waals surface area (Å²) in [5.74, 6) is -0.849. The van der Waals surface area contributed by atoms with Crippen molar-refractivity contribution < 1.29 is 18.3 Å². The fourth-order valence-corrected chi connectivity index (χ4v) is 2.55. The fraction of sp³-hybridized carbons (Fsp3) is 0.462. The van der Waals surface area contributed by atoms with Crippen LogP contribution in [0, 0.1) is 0 Å². The third-order valence-electron chi connectivity index (χ3n) is 2.99. The maximum absolute atomic E-state index is 11.3. The van der Waals surface area contributed by atoms with Gasteiger partial charge in [0.1, 0.15) is 6.04 Å². The van der Waals surface area contributed by atoms with Crippen molar-refractivity contribution in [2.75, 3.05) is 13.3 Å². The first-order chi connectivity index (χ1) is 8.75. The molecule has 0 saturated carbocycles. The van der Waals surface area contributed by atoms with Crippen molar-refractivity contribution in [1.29, 1.82) is 0 Å². The van der Waals surface area contributed by atoms with E-state index in [9.17, 15) is 13.2 Å². The van der Waals surface area contributed by atoms with Gasteiger partial charge < -0.3 is 5.11 Å². The molecule has 0 spiro atoms. The smallest absolute Gasteiger partial charge is 0.320 e. The summed E-state index contributed by atoms with van der Waals surface area (Å²) in [4.78, 5) is 13.0. The summed E-state index contributed by atoms with van der Waals surface area (Å²) in [7, 11) is -1.45. The van der Waals surface area contributed by atoms with Gasteiger partial charge in [-0.05, 0) is 31.2 Å². The molecule has 106 valence electrons. The number of sulfone groups is 1. The molecule has 1 rings (SSSR count). The van der Waals surface area contributed by atoms with Crippen LogP contribution in [-0.2, 0) is 21.2 Å². The zero-order chi connectivity index (χ0) is 14.6. The van der Waals surface area contributed by atoms with E-state index in [0.29, 0.717) is 13.0 Å². The highest BCUT2D eigenvalue weighted by Gasteiger charge is 2.20. The average molecular weight is 285 g/mol. The van der Waals surface area contributed by atoms with Gasteiger partial charge in [0.05, 0.1) is 4.90 Å². The number of carboxylic acids is 1. The van der Waals surface area contributed by atoms with Gasteiger partial charge in [0, 0.05) is 12.8 Å². The van der Waals surface area contributed by atoms with E-state index >= 15 is 0 Å². The van der Waals surface area contributed by atoms with Gasteiger partial charge in [-0.2, -0.15) is 0 Å². The van der Waals surface area contributed by atoms with Gasteiger partial charge in [0.2, 0.25) is 0 Å². The molecule has 5 nitrogen and oxygen atoms in total. The molecule has 6 heteroatoms. The molecule has 1 atom stereocenters. The topological polar surface area (TPSA) is 74.7 Å². The third-order valence-corrected chi connectivity index (χ3v) is 4.12. The summed E-state index contributed by atoms with van der Waals surface area (Å²) in [6.45, 7) is 2.29. The van der Waals surface area contributed by atoms with Gasteiger partial charge in [0.25, 0.3) is 0 Å². The standard InChI is InChI=1S/C13H19NO4S/c1-4-12(13(15)16)14(2)9-10-5-7-11(8-6-10)19(3,17)18/h5-8,12H,4,9H2,1-3H3,(H,15,16). The molecule has 0 aliphatic carbocycles. The minimum atomic E-state index is -3.19. The fourth-order valence-electron chi connectivity index (χ4n) is 1.92. The zero-order valence-corrected chi connectivity index (χ0v) is 12.1. The normalized spacial score (nSPS) is 13.5. The highest BCUT2D eigenvalue weighted by molar-refractivity contribution is 7.90. The minimum Gasteiger partial charge on any atom is -0.480 e. The molecule has 0 saturated heterocycles. The molecule has 1 aromatic carbocycles. The molecule has 0 amide bonds. The quantitative estimate of drug-likeness (QED) is 0.854. The number of nitrogens with zero attached hydrogens (tertiary/aromatic N) is 1. The zero-order valence-electron chi connectivity index (χ0n) is 11.3. The Labute approximate surface area is 113 Å². The van der Waals surface area contributed by atoms with Crippen LogP contribution in [0.15, 0.2) is 29.2 Å². The predicted molar refractivity (Wildman–Crippen MR) is 72.7 cm³/mol. The molecule has 19 heavy (non-hydrogen) atoms. The van der Waals surface area contributed by atoms with E-state index in [0.717, 1.165) is 11.8 Å². The number of carbonyl (C=O) groups is 1. The van der Waals surface area contributed by atoms with Gasteiger partial charge in [-0.1, -0.05) is 19.1 Å². The molecular formula is C13H19NO4S. The second-order valence-electron chi connectivity index (χ2n) is 4.59. The first kappa shape index (κ1) is 15.7. The van der Waals surface area contributed by atoms with Crippen molar-refractivity contribution in [2.24, 2.45) is 0 Å². The van der Waals surface area contributed by atoms with E-state index in [2.05, 4.69) is 0 Å². The van der Waals surface area contributed by atoms with Gasteiger partial charge in [-0.3, -0.25) is 9.69 Å². The van der Waals surface area contributed by atoms with Crippen molar-refractivity contribution in [3.63, 3.8) is 0 Å². The van der Waals surface area contributed by atoms with Crippen LogP contribution in [0.5, 0.6) is 0 Å². The molecular weight excluding hydrogens is 266 g/mol. The van der Waals surface area contributed by atoms with Crippen LogP contribution < -0.4 is 0 Å². The van der Waals surface area contributed by atoms with E-state index in [-0.39, 0.29) is 4.90 Å². The number of rotatable bonds is 6. The lowest BCUT2D eigenvalue weighted by Crippen LogP contribution is -2.37. The molecule has 0 bridgehead atoms. The number of carboxylic acid groups (broad SMARTS) is 1. The van der Waals surface area contributed by atoms with Crippen LogP contribution in [-0.4, -0.2) is 43.7 Å². The molecule has 0 heterocycles. The molecule has 0 aromatic heterocycles. The summed E-state index contributed by atoms with van der Waals surface area (Å²) >= 11 is 0. The summed E-state index contributed by atoms with van der Waals surface area (Å²) in [6.07, 6.45) is 1.68. The van der Waals surface area contributed by atoms with E-state index in [4.69, 9.17) is 5.11 Å². The average Bonchev–Trinajstić information content (AvgIpc) is 2.28. The van der Waals surface area contributed by atoms with Crippen LogP contribution in [0.3, 0.4) is 0 Å². The summed E-state index contributed by atoms with van der Waals surface area (Å²) in [5, 5.41) is 9.05. The van der Waals surface area contributed by atoms with Gasteiger partial charge in [-0.25, -0.2) is 8.42 Å². The monoisotopic (exact) mass is 285 g/mol. The Morgan fingerprint density at radius 3 is 2.21 bits per heavy atom. The van der Waals surface area contributed by atoms with Crippen molar-refractivity contribution in [3.8, 4) is 0 Å². The predicted octanol–water partition coefficient (Wildman–Crippen LogP) is 1.39. The molecule has 1 N–H and O–H groups in total. The Balaban J connectivity index is 2.81. The second kappa shape index (κ2) is 6.16. The first-order valence-electron chi connectivity index (χ1n) is 5.97. The lowest BCUT2D eigenvalue weighted by Gasteiger charge is -2.23. The van der Waals surface area contributed by atoms with Crippen LogP contribution in [0.25, 0.3) is 0 Å². The number of benzene rings is 1. The van der Waals surface area contributed by atoms with Gasteiger partial charge in [0.15, 0.2) is 9.84 Å². The van der Waals surface area contributed by atoms with Crippen LogP contribution in [0.4, 0.5) is 0 Å². The van der Waals surface area contributed by atoms with Gasteiger partial charge in [-0.15, -0.1) is 0 Å². The highest BCUT2D eigenvalue weighted by Crippen LogP contribution is 2.13. The summed E-state index contributed by atoms with van der Waals surface area (Å²) in [6, 6.07) is 5.97. The molecule has 0 fully saturated rings. The van der Waals surface area contributed by atoms with Crippen molar-refractivity contribution >= 4 is 15.8 Å². The SMILES string of the molecule is CCC(C(=O)O)N(C)Cc1ccc(S(C)(=O)=O)cc1. The minimum absolute atomic E-state index is 0.268. The molecule has 1 aromatic rings. The Hall–Kier alpha value is -1.40. The van der Waals surface area contributed by atoms with Crippen LogP contribution in [0.2, 0.25) is 0 Å². The highest BCUT2D eigenvalue weighted by atomic mass is 32.2. The largest absolute Gasteiger partial charge is 0.480 e. The Morgan fingerprint density at radius 1 is 1.32 bits per heavy atom. The lowest BCUT2D eigenvalue weighted by atomic mass is 10.1. The van der Waals surface area contributed by atoms with Crippen molar-refractivity contribution in [2.45, 2.75) is 30.8 Å². The van der Waals surface area contributed by atoms with E-state index < -0.39 is 21.8 Å². The van der Waals surface area contributed by atoms with Crippen LogP contribution >= 0.6 is 0 Å². The van der Waals surface area contributed by atoms with E-state index in [1.165, 1.54) is 0 Å². The maximum atomic E-state index is 11.3. The summed E-state index contributed by atoms with van der Waals surface area (Å²) < 4.78 is 22.6. The van der Waals surface area contributed by atoms with Gasteiger partial charge >= 0.3 is 5.97 Å². The molecule has 0 radical (unpaired) electrons. The Bertz CT molecular complexity index is 536. The molecule has 0 aliphatic rings. The number of aliphatic carboxylic acids is 1. The third kappa shape index (κ3) is 4.33. The van der Waals surface area contributed by atoms with E-state index in [1.54, 1.807) is 36.2 Å². The number of hydrogen-bond acceptors (Lipinski definition) is 4. The Kier molecular flexibility index (Phi) is 5.08. The van der Waals surface area contributed by atoms with E-state index in [1.807, 2.05) is 6.92 Å². The summed E-state index contributed by atoms with van der Waals surface area (Å²) in [5.41, 5.74) is 0.884. The number of likely N-dealkylation sites (N-methyl/N-ethyl adjacent to an activating group) is 1. The molecule has 0 aliphatic heterocycles. The maximum Gasteiger partial charge on any atom is 0.320 e. The molecule has 1 unspecified atom stereocenters. The van der Waals surface area contributed by atoms with Crippen molar-refractivity contribution in [3.05, 3.63) is 29.8 Å². The first-order valence-corrected chi connectivity index (χ1v) is 7.87. The number of hydrogen-bond donors (Lipinski definition) is 1. The Morgan fingerprint density at radius 2 is 1.84 bits per heavy atom.